The average molecular weight is 374 g/mol. The van der Waals surface area contributed by atoms with Crippen LogP contribution in [0, 0.1) is 5.82 Å². The van der Waals surface area contributed by atoms with E-state index in [-0.39, 0.29) is 35.7 Å². The number of benzene rings is 1. The summed E-state index contributed by atoms with van der Waals surface area (Å²) in [5.41, 5.74) is 0.321. The Morgan fingerprint density at radius 3 is 2.44 bits per heavy atom. The minimum Gasteiger partial charge on any atom is -0.368 e. The van der Waals surface area contributed by atoms with Crippen LogP contribution in [0.4, 0.5) is 10.1 Å². The van der Waals surface area contributed by atoms with E-state index in [0.29, 0.717) is 13.1 Å². The number of imide groups is 2. The van der Waals surface area contributed by atoms with Crippen LogP contribution in [-0.2, 0) is 9.59 Å². The fraction of sp³-hybridized carbons (Fsp3) is 0.444. The molecule has 0 spiro atoms. The molecule has 2 saturated heterocycles. The van der Waals surface area contributed by atoms with Gasteiger partial charge in [0.2, 0.25) is 11.8 Å². The molecule has 8 nitrogen and oxygen atoms in total. The number of hydrogen-bond donors (Lipinski definition) is 2. The van der Waals surface area contributed by atoms with Crippen molar-refractivity contribution in [1.82, 2.24) is 15.5 Å². The fourth-order valence-electron chi connectivity index (χ4n) is 3.94. The van der Waals surface area contributed by atoms with Crippen molar-refractivity contribution in [2.45, 2.75) is 31.3 Å². The molecule has 0 radical (unpaired) electrons. The number of anilines is 1. The molecule has 0 bridgehead atoms. The number of fused-ring (bicyclic) bond motifs is 1. The number of halogens is 1. The highest BCUT2D eigenvalue weighted by Crippen LogP contribution is 2.33. The first-order valence-electron chi connectivity index (χ1n) is 8.88. The quantitative estimate of drug-likeness (QED) is 0.724. The maximum absolute atomic E-state index is 14.7. The lowest BCUT2D eigenvalue weighted by molar-refractivity contribution is -0.136. The van der Waals surface area contributed by atoms with Crippen LogP contribution in [0.25, 0.3) is 0 Å². The van der Waals surface area contributed by atoms with E-state index < -0.39 is 35.5 Å². The molecule has 0 aromatic heterocycles. The summed E-state index contributed by atoms with van der Waals surface area (Å²) in [7, 11) is 1.84. The molecule has 27 heavy (non-hydrogen) atoms. The minimum atomic E-state index is -1.05. The zero-order valence-corrected chi connectivity index (χ0v) is 14.8. The van der Waals surface area contributed by atoms with E-state index in [1.165, 1.54) is 6.07 Å². The molecule has 2 unspecified atom stereocenters. The largest absolute Gasteiger partial charge is 0.368 e. The van der Waals surface area contributed by atoms with Crippen molar-refractivity contribution in [3.05, 3.63) is 29.1 Å². The van der Waals surface area contributed by atoms with E-state index in [9.17, 15) is 23.6 Å². The molecule has 3 aliphatic rings. The number of rotatable bonds is 3. The smallest absolute Gasteiger partial charge is 0.262 e. The van der Waals surface area contributed by atoms with Gasteiger partial charge in [0.25, 0.3) is 11.8 Å². The van der Waals surface area contributed by atoms with Crippen molar-refractivity contribution >= 4 is 29.3 Å². The molecular formula is C18H19FN4O4. The van der Waals surface area contributed by atoms with E-state index in [4.69, 9.17) is 0 Å². The van der Waals surface area contributed by atoms with Crippen molar-refractivity contribution in [2.75, 3.05) is 25.0 Å². The molecular weight excluding hydrogens is 355 g/mol. The van der Waals surface area contributed by atoms with Crippen molar-refractivity contribution in [1.29, 1.82) is 0 Å². The first-order valence-corrected chi connectivity index (χ1v) is 8.88. The zero-order valence-electron chi connectivity index (χ0n) is 14.8. The highest BCUT2D eigenvalue weighted by atomic mass is 19.1. The molecule has 3 aliphatic heterocycles. The average Bonchev–Trinajstić information content (AvgIpc) is 3.19. The van der Waals surface area contributed by atoms with Crippen LogP contribution in [-0.4, -0.2) is 60.7 Å². The molecule has 0 saturated carbocycles. The lowest BCUT2D eigenvalue weighted by atomic mass is 10.0. The second-order valence-corrected chi connectivity index (χ2v) is 7.02. The van der Waals surface area contributed by atoms with Crippen LogP contribution in [0.15, 0.2) is 12.1 Å². The number of amides is 4. The first-order chi connectivity index (χ1) is 12.9. The van der Waals surface area contributed by atoms with Gasteiger partial charge in [0.15, 0.2) is 0 Å². The zero-order chi connectivity index (χ0) is 19.3. The summed E-state index contributed by atoms with van der Waals surface area (Å²) < 4.78 is 14.7. The van der Waals surface area contributed by atoms with Crippen LogP contribution >= 0.6 is 0 Å². The standard InChI is InChI=1S/C18H19FN4O4/c1-20-9-4-5-22(8-9)14-7-11-10(6-12(14)19)17(26)23(18(11)27)13-2-3-15(24)21-16(13)25/h6-7,9,13,20H,2-5,8H2,1H3,(H,21,24,25). The molecule has 1 aromatic rings. The Labute approximate surface area is 154 Å². The van der Waals surface area contributed by atoms with E-state index in [2.05, 4.69) is 10.6 Å². The lowest BCUT2D eigenvalue weighted by Gasteiger charge is -2.27. The summed E-state index contributed by atoms with van der Waals surface area (Å²) in [6.07, 6.45) is 0.965. The Morgan fingerprint density at radius 1 is 1.11 bits per heavy atom. The summed E-state index contributed by atoms with van der Waals surface area (Å²) in [6.45, 7) is 1.24. The number of nitrogens with zero attached hydrogens (tertiary/aromatic N) is 2. The summed E-state index contributed by atoms with van der Waals surface area (Å²) in [6, 6.07) is 1.65. The van der Waals surface area contributed by atoms with Gasteiger partial charge in [0.1, 0.15) is 11.9 Å². The highest BCUT2D eigenvalue weighted by Gasteiger charge is 2.45. The second kappa shape index (κ2) is 6.41. The number of carbonyl (C=O) groups is 4. The van der Waals surface area contributed by atoms with E-state index in [1.54, 1.807) is 0 Å². The summed E-state index contributed by atoms with van der Waals surface area (Å²) >= 11 is 0. The maximum Gasteiger partial charge on any atom is 0.262 e. The van der Waals surface area contributed by atoms with Gasteiger partial charge in [-0.3, -0.25) is 29.4 Å². The molecule has 1 aromatic carbocycles. The van der Waals surface area contributed by atoms with Crippen LogP contribution in [0.2, 0.25) is 0 Å². The van der Waals surface area contributed by atoms with Gasteiger partial charge in [0.05, 0.1) is 16.8 Å². The summed E-state index contributed by atoms with van der Waals surface area (Å²) in [4.78, 5) is 51.6. The van der Waals surface area contributed by atoms with Crippen molar-refractivity contribution in [3.63, 3.8) is 0 Å². The Morgan fingerprint density at radius 2 is 1.81 bits per heavy atom. The number of hydrogen-bond acceptors (Lipinski definition) is 6. The Hall–Kier alpha value is -2.81. The normalized spacial score (nSPS) is 25.3. The number of nitrogens with one attached hydrogen (secondary N) is 2. The SMILES string of the molecule is CNC1CCN(c2cc3c(cc2F)C(=O)N(C2CCC(=O)NC2=O)C3=O)C1. The molecule has 2 fully saturated rings. The van der Waals surface area contributed by atoms with Gasteiger partial charge in [-0.05, 0) is 32.0 Å². The number of piperidine rings is 1. The predicted molar refractivity (Wildman–Crippen MR) is 92.7 cm³/mol. The molecule has 4 rings (SSSR count). The van der Waals surface area contributed by atoms with Crippen molar-refractivity contribution in [3.8, 4) is 0 Å². The van der Waals surface area contributed by atoms with Crippen molar-refractivity contribution < 1.29 is 23.6 Å². The summed E-state index contributed by atoms with van der Waals surface area (Å²) in [5, 5.41) is 5.28. The third kappa shape index (κ3) is 2.78. The lowest BCUT2D eigenvalue weighted by Crippen LogP contribution is -2.54. The maximum atomic E-state index is 14.7. The Kier molecular flexibility index (Phi) is 4.18. The molecule has 2 atom stereocenters. The fourth-order valence-corrected chi connectivity index (χ4v) is 3.94. The van der Waals surface area contributed by atoms with Gasteiger partial charge in [-0.2, -0.15) is 0 Å². The topological polar surface area (TPSA) is 98.8 Å². The van der Waals surface area contributed by atoms with Crippen LogP contribution in [0.5, 0.6) is 0 Å². The third-order valence-electron chi connectivity index (χ3n) is 5.44. The van der Waals surface area contributed by atoms with Gasteiger partial charge in [-0.25, -0.2) is 4.39 Å². The van der Waals surface area contributed by atoms with E-state index >= 15 is 0 Å². The van der Waals surface area contributed by atoms with Crippen molar-refractivity contribution in [2.24, 2.45) is 0 Å². The van der Waals surface area contributed by atoms with Crippen LogP contribution in [0.3, 0.4) is 0 Å². The minimum absolute atomic E-state index is 0.0443. The Bertz CT molecular complexity index is 871. The highest BCUT2D eigenvalue weighted by molar-refractivity contribution is 6.23. The van der Waals surface area contributed by atoms with Gasteiger partial charge in [0, 0.05) is 25.6 Å². The van der Waals surface area contributed by atoms with Crippen LogP contribution < -0.4 is 15.5 Å². The van der Waals surface area contributed by atoms with Gasteiger partial charge < -0.3 is 10.2 Å². The number of carbonyl (C=O) groups excluding carboxylic acids is 4. The number of likely N-dealkylation sites (N-methyl/N-ethyl adjacent to an activating group) is 1. The first kappa shape index (κ1) is 17.6. The second-order valence-electron chi connectivity index (χ2n) is 7.02. The predicted octanol–water partition coefficient (Wildman–Crippen LogP) is 0.0250. The van der Waals surface area contributed by atoms with Gasteiger partial charge >= 0.3 is 0 Å². The van der Waals surface area contributed by atoms with E-state index in [0.717, 1.165) is 17.4 Å². The Balaban J connectivity index is 1.65. The van der Waals surface area contributed by atoms with E-state index in [1.807, 2.05) is 11.9 Å². The van der Waals surface area contributed by atoms with Crippen LogP contribution in [0.1, 0.15) is 40.0 Å². The monoisotopic (exact) mass is 374 g/mol. The van der Waals surface area contributed by atoms with Gasteiger partial charge in [-0.1, -0.05) is 0 Å². The molecule has 0 aliphatic carbocycles. The van der Waals surface area contributed by atoms with Gasteiger partial charge in [-0.15, -0.1) is 0 Å². The molecule has 3 heterocycles. The molecule has 4 amide bonds. The molecule has 2 N–H and O–H groups in total. The third-order valence-corrected chi connectivity index (χ3v) is 5.44. The molecule has 9 heteroatoms. The summed E-state index contributed by atoms with van der Waals surface area (Å²) in [5.74, 6) is -3.02. The molecule has 142 valence electrons.